The predicted molar refractivity (Wildman–Crippen MR) is 66.2 cm³/mol. The Morgan fingerprint density at radius 3 is 2.12 bits per heavy atom. The minimum Gasteiger partial charge on any atom is -0.352 e. The van der Waals surface area contributed by atoms with Crippen molar-refractivity contribution in [1.82, 2.24) is 5.32 Å². The summed E-state index contributed by atoms with van der Waals surface area (Å²) in [7, 11) is 0. The van der Waals surface area contributed by atoms with Crippen LogP contribution in [-0.4, -0.2) is 18.2 Å². The highest BCUT2D eigenvalue weighted by atomic mass is 16.1. The molecule has 0 aromatic heterocycles. The largest absolute Gasteiger partial charge is 0.352 e. The number of hydrogen-bond acceptors (Lipinski definition) is 2. The van der Waals surface area contributed by atoms with Crippen LogP contribution in [0, 0.1) is 0 Å². The minimum absolute atomic E-state index is 0.0587. The van der Waals surface area contributed by atoms with Crippen LogP contribution in [-0.2, 0) is 9.59 Å². The monoisotopic (exact) mass is 225 g/mol. The molecule has 0 aromatic rings. The standard InChI is InChI=1S/C13H23NO2/c1-11(2)13(16)14-10-8-6-4-5-7-9-12(3)15/h1,4-10H2,2-3H3,(H,14,16). The molecule has 0 aliphatic heterocycles. The van der Waals surface area contributed by atoms with Gasteiger partial charge >= 0.3 is 0 Å². The van der Waals surface area contributed by atoms with E-state index in [1.54, 1.807) is 13.8 Å². The lowest BCUT2D eigenvalue weighted by Crippen LogP contribution is -2.24. The zero-order chi connectivity index (χ0) is 12.4. The lowest BCUT2D eigenvalue weighted by Gasteiger charge is -2.04. The quantitative estimate of drug-likeness (QED) is 0.484. The van der Waals surface area contributed by atoms with Crippen molar-refractivity contribution in [1.29, 1.82) is 0 Å². The summed E-state index contributed by atoms with van der Waals surface area (Å²) in [5.41, 5.74) is 0.557. The maximum absolute atomic E-state index is 11.1. The highest BCUT2D eigenvalue weighted by Crippen LogP contribution is 2.05. The molecule has 1 amide bonds. The molecule has 3 heteroatoms. The number of amides is 1. The van der Waals surface area contributed by atoms with Gasteiger partial charge in [-0.1, -0.05) is 25.8 Å². The third-order valence-corrected chi connectivity index (χ3v) is 2.38. The Morgan fingerprint density at radius 2 is 1.56 bits per heavy atom. The molecular formula is C13H23NO2. The fourth-order valence-electron chi connectivity index (χ4n) is 1.38. The Labute approximate surface area is 98.3 Å². The Morgan fingerprint density at radius 1 is 1.00 bits per heavy atom. The van der Waals surface area contributed by atoms with Gasteiger partial charge in [-0.05, 0) is 26.7 Å². The number of hydrogen-bond donors (Lipinski definition) is 1. The van der Waals surface area contributed by atoms with E-state index in [2.05, 4.69) is 11.9 Å². The molecular weight excluding hydrogens is 202 g/mol. The van der Waals surface area contributed by atoms with Gasteiger partial charge in [0.15, 0.2) is 0 Å². The fraction of sp³-hybridized carbons (Fsp3) is 0.692. The van der Waals surface area contributed by atoms with Crippen LogP contribution >= 0.6 is 0 Å². The van der Waals surface area contributed by atoms with Crippen LogP contribution in [0.4, 0.5) is 0 Å². The minimum atomic E-state index is -0.0587. The van der Waals surface area contributed by atoms with Gasteiger partial charge in [-0.15, -0.1) is 0 Å². The second-order valence-electron chi connectivity index (χ2n) is 4.26. The van der Waals surface area contributed by atoms with Gasteiger partial charge in [0.05, 0.1) is 0 Å². The molecule has 0 spiro atoms. The summed E-state index contributed by atoms with van der Waals surface area (Å²) in [6.07, 6.45) is 6.04. The Hall–Kier alpha value is -1.12. The van der Waals surface area contributed by atoms with E-state index in [9.17, 15) is 9.59 Å². The van der Waals surface area contributed by atoms with Crippen molar-refractivity contribution in [3.63, 3.8) is 0 Å². The molecule has 92 valence electrons. The third kappa shape index (κ3) is 9.44. The molecule has 0 atom stereocenters. The van der Waals surface area contributed by atoms with Crippen LogP contribution in [0.25, 0.3) is 0 Å². The molecule has 0 aliphatic carbocycles. The van der Waals surface area contributed by atoms with Gasteiger partial charge in [-0.2, -0.15) is 0 Å². The van der Waals surface area contributed by atoms with E-state index in [-0.39, 0.29) is 11.7 Å². The SMILES string of the molecule is C=C(C)C(=O)NCCCCCCCC(C)=O. The first-order valence-electron chi connectivity index (χ1n) is 5.97. The van der Waals surface area contributed by atoms with Gasteiger partial charge in [0, 0.05) is 18.5 Å². The van der Waals surface area contributed by atoms with E-state index < -0.39 is 0 Å². The van der Waals surface area contributed by atoms with Crippen LogP contribution in [0.15, 0.2) is 12.2 Å². The van der Waals surface area contributed by atoms with E-state index in [0.717, 1.165) is 38.6 Å². The average Bonchev–Trinajstić information content (AvgIpc) is 2.21. The number of carbonyl (C=O) groups excluding carboxylic acids is 2. The Kier molecular flexibility index (Phi) is 8.49. The predicted octanol–water partition coefficient (Wildman–Crippen LogP) is 2.61. The highest BCUT2D eigenvalue weighted by Gasteiger charge is 1.99. The summed E-state index contributed by atoms with van der Waals surface area (Å²) in [5, 5.41) is 2.80. The lowest BCUT2D eigenvalue weighted by molar-refractivity contribution is -0.118. The molecule has 0 aromatic carbocycles. The Bertz CT molecular complexity index is 246. The van der Waals surface area contributed by atoms with Gasteiger partial charge in [0.1, 0.15) is 5.78 Å². The first kappa shape index (κ1) is 14.9. The van der Waals surface area contributed by atoms with Crippen molar-refractivity contribution in [3.05, 3.63) is 12.2 Å². The van der Waals surface area contributed by atoms with E-state index in [0.29, 0.717) is 12.0 Å². The first-order chi connectivity index (χ1) is 7.54. The summed E-state index contributed by atoms with van der Waals surface area (Å²) in [4.78, 5) is 21.8. The molecule has 0 unspecified atom stereocenters. The van der Waals surface area contributed by atoms with E-state index >= 15 is 0 Å². The second-order valence-corrected chi connectivity index (χ2v) is 4.26. The third-order valence-electron chi connectivity index (χ3n) is 2.38. The summed E-state index contributed by atoms with van der Waals surface area (Å²) in [6, 6.07) is 0. The molecule has 0 rings (SSSR count). The summed E-state index contributed by atoms with van der Waals surface area (Å²) in [5.74, 6) is 0.213. The first-order valence-corrected chi connectivity index (χ1v) is 5.97. The maximum Gasteiger partial charge on any atom is 0.246 e. The van der Waals surface area contributed by atoms with Gasteiger partial charge in [-0.25, -0.2) is 0 Å². The van der Waals surface area contributed by atoms with Crippen LogP contribution in [0.2, 0.25) is 0 Å². The van der Waals surface area contributed by atoms with Crippen molar-refractivity contribution in [2.75, 3.05) is 6.54 Å². The molecule has 0 radical (unpaired) electrons. The highest BCUT2D eigenvalue weighted by molar-refractivity contribution is 5.91. The number of unbranched alkanes of at least 4 members (excludes halogenated alkanes) is 4. The smallest absolute Gasteiger partial charge is 0.246 e. The molecule has 0 heterocycles. The maximum atomic E-state index is 11.1. The number of Topliss-reactive ketones (excluding diaryl/α,β-unsaturated/α-hetero) is 1. The van der Waals surface area contributed by atoms with Crippen molar-refractivity contribution in [2.24, 2.45) is 0 Å². The van der Waals surface area contributed by atoms with Gasteiger partial charge in [0.25, 0.3) is 0 Å². The van der Waals surface area contributed by atoms with E-state index in [1.165, 1.54) is 0 Å². The summed E-state index contributed by atoms with van der Waals surface area (Å²) in [6.45, 7) is 7.63. The van der Waals surface area contributed by atoms with Crippen molar-refractivity contribution in [2.45, 2.75) is 52.4 Å². The van der Waals surface area contributed by atoms with Crippen molar-refractivity contribution >= 4 is 11.7 Å². The molecule has 0 fully saturated rings. The summed E-state index contributed by atoms with van der Waals surface area (Å²) >= 11 is 0. The van der Waals surface area contributed by atoms with Crippen LogP contribution < -0.4 is 5.32 Å². The Balaban J connectivity index is 3.19. The second kappa shape index (κ2) is 9.13. The topological polar surface area (TPSA) is 46.2 Å². The molecule has 0 bridgehead atoms. The van der Waals surface area contributed by atoms with Crippen LogP contribution in [0.5, 0.6) is 0 Å². The van der Waals surface area contributed by atoms with Crippen molar-refractivity contribution in [3.8, 4) is 0 Å². The zero-order valence-electron chi connectivity index (χ0n) is 10.5. The fourth-order valence-corrected chi connectivity index (χ4v) is 1.38. The molecule has 1 N–H and O–H groups in total. The van der Waals surface area contributed by atoms with Gasteiger partial charge in [0.2, 0.25) is 5.91 Å². The molecule has 3 nitrogen and oxygen atoms in total. The van der Waals surface area contributed by atoms with E-state index in [1.807, 2.05) is 0 Å². The molecule has 0 saturated carbocycles. The number of ketones is 1. The number of rotatable bonds is 9. The zero-order valence-corrected chi connectivity index (χ0v) is 10.5. The van der Waals surface area contributed by atoms with Crippen LogP contribution in [0.1, 0.15) is 52.4 Å². The lowest BCUT2D eigenvalue weighted by atomic mass is 10.1. The number of carbonyl (C=O) groups is 2. The summed E-state index contributed by atoms with van der Waals surface area (Å²) < 4.78 is 0. The van der Waals surface area contributed by atoms with Gasteiger partial charge in [-0.3, -0.25) is 4.79 Å². The molecule has 0 saturated heterocycles. The molecule has 16 heavy (non-hydrogen) atoms. The normalized spacial score (nSPS) is 9.88. The van der Waals surface area contributed by atoms with Crippen LogP contribution in [0.3, 0.4) is 0 Å². The van der Waals surface area contributed by atoms with E-state index in [4.69, 9.17) is 0 Å². The van der Waals surface area contributed by atoms with Crippen molar-refractivity contribution < 1.29 is 9.59 Å². The van der Waals surface area contributed by atoms with Gasteiger partial charge < -0.3 is 10.1 Å². The average molecular weight is 225 g/mol. The number of nitrogens with one attached hydrogen (secondary N) is 1. The molecule has 0 aliphatic rings.